The first-order valence-electron chi connectivity index (χ1n) is 6.82. The molecule has 2 heteroatoms. The molecule has 0 aromatic heterocycles. The summed E-state index contributed by atoms with van der Waals surface area (Å²) in [5.41, 5.74) is 3.94. The van der Waals surface area contributed by atoms with Crippen molar-refractivity contribution in [3.63, 3.8) is 0 Å². The van der Waals surface area contributed by atoms with Crippen LogP contribution in [0.2, 0.25) is 0 Å². The summed E-state index contributed by atoms with van der Waals surface area (Å²) in [6, 6.07) is 4.31. The lowest BCUT2D eigenvalue weighted by atomic mass is 9.75. The molecule has 1 aliphatic carbocycles. The van der Waals surface area contributed by atoms with Gasteiger partial charge in [-0.25, -0.2) is 0 Å². The zero-order chi connectivity index (χ0) is 13.3. The zero-order valence-corrected chi connectivity index (χ0v) is 11.9. The number of aliphatic hydroxyl groups is 1. The molecule has 1 fully saturated rings. The highest BCUT2D eigenvalue weighted by Crippen LogP contribution is 2.40. The van der Waals surface area contributed by atoms with Crippen LogP contribution in [-0.2, 0) is 10.3 Å². The average Bonchev–Trinajstić information content (AvgIpc) is 2.34. The number of benzene rings is 1. The predicted molar refractivity (Wildman–Crippen MR) is 73.8 cm³/mol. The lowest BCUT2D eigenvalue weighted by Gasteiger charge is -2.40. The highest BCUT2D eigenvalue weighted by molar-refractivity contribution is 5.40. The fraction of sp³-hybridized carbons (Fsp3) is 0.625. The van der Waals surface area contributed by atoms with E-state index >= 15 is 0 Å². The topological polar surface area (TPSA) is 29.5 Å². The molecule has 2 rings (SSSR count). The third kappa shape index (κ3) is 2.19. The minimum atomic E-state index is -0.810. The first-order valence-corrected chi connectivity index (χ1v) is 6.82. The fourth-order valence-electron chi connectivity index (χ4n) is 3.17. The van der Waals surface area contributed by atoms with E-state index in [2.05, 4.69) is 32.9 Å². The Morgan fingerprint density at radius 3 is 2.44 bits per heavy atom. The molecule has 0 radical (unpaired) electrons. The molecule has 1 aliphatic rings. The van der Waals surface area contributed by atoms with E-state index in [-0.39, 0.29) is 6.10 Å². The maximum Gasteiger partial charge on any atom is 0.116 e. The van der Waals surface area contributed by atoms with E-state index in [1.165, 1.54) is 16.7 Å². The van der Waals surface area contributed by atoms with Crippen molar-refractivity contribution in [1.29, 1.82) is 0 Å². The fourth-order valence-corrected chi connectivity index (χ4v) is 3.17. The summed E-state index contributed by atoms with van der Waals surface area (Å²) < 4.78 is 5.54. The van der Waals surface area contributed by atoms with Crippen LogP contribution in [0.25, 0.3) is 0 Å². The molecule has 0 amide bonds. The minimum Gasteiger partial charge on any atom is -0.382 e. The quantitative estimate of drug-likeness (QED) is 0.869. The number of methoxy groups -OCH3 is 1. The highest BCUT2D eigenvalue weighted by Gasteiger charge is 2.41. The Morgan fingerprint density at radius 1 is 1.11 bits per heavy atom. The highest BCUT2D eigenvalue weighted by atomic mass is 16.5. The van der Waals surface area contributed by atoms with Crippen LogP contribution in [0.1, 0.15) is 47.9 Å². The van der Waals surface area contributed by atoms with Crippen molar-refractivity contribution in [2.75, 3.05) is 7.11 Å². The molecular formula is C16H24O2. The average molecular weight is 248 g/mol. The molecule has 1 aromatic rings. The molecule has 0 heterocycles. The Labute approximate surface area is 110 Å². The standard InChI is InChI=1S/C16H24O2/c1-11-9-13(3)14(10-12(11)2)16(17)8-6-5-7-15(16)18-4/h9-10,15,17H,5-8H2,1-4H3. The Morgan fingerprint density at radius 2 is 1.78 bits per heavy atom. The first-order chi connectivity index (χ1) is 8.49. The van der Waals surface area contributed by atoms with Crippen molar-refractivity contribution in [2.45, 2.75) is 58.2 Å². The smallest absolute Gasteiger partial charge is 0.116 e. The van der Waals surface area contributed by atoms with Crippen molar-refractivity contribution in [3.05, 3.63) is 34.4 Å². The van der Waals surface area contributed by atoms with E-state index in [0.717, 1.165) is 31.2 Å². The summed E-state index contributed by atoms with van der Waals surface area (Å²) in [6.07, 6.45) is 3.88. The molecular weight excluding hydrogens is 224 g/mol. The molecule has 1 N–H and O–H groups in total. The predicted octanol–water partition coefficient (Wildman–Crippen LogP) is 3.39. The Bertz CT molecular complexity index is 439. The Kier molecular flexibility index (Phi) is 3.79. The van der Waals surface area contributed by atoms with E-state index < -0.39 is 5.60 Å². The number of rotatable bonds is 2. The van der Waals surface area contributed by atoms with Crippen molar-refractivity contribution in [2.24, 2.45) is 0 Å². The molecule has 2 atom stereocenters. The van der Waals surface area contributed by atoms with Gasteiger partial charge in [0.25, 0.3) is 0 Å². The minimum absolute atomic E-state index is 0.0768. The van der Waals surface area contributed by atoms with Gasteiger partial charge in [-0.15, -0.1) is 0 Å². The second-order valence-corrected chi connectivity index (χ2v) is 5.65. The van der Waals surface area contributed by atoms with E-state index in [4.69, 9.17) is 4.74 Å². The molecule has 1 aromatic carbocycles. The molecule has 2 nitrogen and oxygen atoms in total. The molecule has 0 saturated heterocycles. The van der Waals surface area contributed by atoms with Crippen LogP contribution in [0.3, 0.4) is 0 Å². The number of hydrogen-bond acceptors (Lipinski definition) is 2. The zero-order valence-electron chi connectivity index (χ0n) is 11.9. The van der Waals surface area contributed by atoms with E-state index in [9.17, 15) is 5.11 Å². The molecule has 2 unspecified atom stereocenters. The normalized spacial score (nSPS) is 28.4. The van der Waals surface area contributed by atoms with Gasteiger partial charge in [0.05, 0.1) is 6.10 Å². The molecule has 0 spiro atoms. The number of ether oxygens (including phenoxy) is 1. The molecule has 1 saturated carbocycles. The van der Waals surface area contributed by atoms with Crippen LogP contribution in [-0.4, -0.2) is 18.3 Å². The van der Waals surface area contributed by atoms with Crippen molar-refractivity contribution < 1.29 is 9.84 Å². The maximum absolute atomic E-state index is 11.1. The number of aryl methyl sites for hydroxylation is 3. The van der Waals surface area contributed by atoms with Crippen LogP contribution in [0.5, 0.6) is 0 Å². The van der Waals surface area contributed by atoms with Gasteiger partial charge in [0.15, 0.2) is 0 Å². The van der Waals surface area contributed by atoms with Gasteiger partial charge >= 0.3 is 0 Å². The third-order valence-corrected chi connectivity index (χ3v) is 4.40. The second kappa shape index (κ2) is 5.02. The lowest BCUT2D eigenvalue weighted by molar-refractivity contribution is -0.123. The molecule has 0 aliphatic heterocycles. The molecule has 0 bridgehead atoms. The SMILES string of the molecule is COC1CCCCC1(O)c1cc(C)c(C)cc1C. The largest absolute Gasteiger partial charge is 0.382 e. The third-order valence-electron chi connectivity index (χ3n) is 4.40. The Balaban J connectivity index is 2.48. The van der Waals surface area contributed by atoms with Gasteiger partial charge in [0.2, 0.25) is 0 Å². The van der Waals surface area contributed by atoms with E-state index in [0.29, 0.717) is 0 Å². The molecule has 18 heavy (non-hydrogen) atoms. The van der Waals surface area contributed by atoms with Crippen LogP contribution in [0.15, 0.2) is 12.1 Å². The van der Waals surface area contributed by atoms with Crippen molar-refractivity contribution in [3.8, 4) is 0 Å². The van der Waals surface area contributed by atoms with Crippen molar-refractivity contribution >= 4 is 0 Å². The Hall–Kier alpha value is -0.860. The van der Waals surface area contributed by atoms with Gasteiger partial charge in [-0.3, -0.25) is 0 Å². The van der Waals surface area contributed by atoms with Crippen LogP contribution >= 0.6 is 0 Å². The second-order valence-electron chi connectivity index (χ2n) is 5.65. The first kappa shape index (κ1) is 13.6. The number of hydrogen-bond donors (Lipinski definition) is 1. The summed E-state index contributed by atoms with van der Waals surface area (Å²) in [5.74, 6) is 0. The van der Waals surface area contributed by atoms with E-state index in [1.54, 1.807) is 7.11 Å². The molecule has 100 valence electrons. The summed E-state index contributed by atoms with van der Waals surface area (Å²) in [5, 5.41) is 11.1. The van der Waals surface area contributed by atoms with E-state index in [1.807, 2.05) is 0 Å². The van der Waals surface area contributed by atoms with Gasteiger partial charge in [-0.2, -0.15) is 0 Å². The summed E-state index contributed by atoms with van der Waals surface area (Å²) in [7, 11) is 1.71. The summed E-state index contributed by atoms with van der Waals surface area (Å²) in [4.78, 5) is 0. The van der Waals surface area contributed by atoms with Gasteiger partial charge in [-0.05, 0) is 55.9 Å². The van der Waals surface area contributed by atoms with Crippen LogP contribution in [0, 0.1) is 20.8 Å². The lowest BCUT2D eigenvalue weighted by Crippen LogP contribution is -2.43. The van der Waals surface area contributed by atoms with Gasteiger partial charge in [0.1, 0.15) is 5.60 Å². The maximum atomic E-state index is 11.1. The summed E-state index contributed by atoms with van der Waals surface area (Å²) in [6.45, 7) is 6.30. The van der Waals surface area contributed by atoms with Crippen LogP contribution < -0.4 is 0 Å². The van der Waals surface area contributed by atoms with Gasteiger partial charge in [-0.1, -0.05) is 25.0 Å². The summed E-state index contributed by atoms with van der Waals surface area (Å²) >= 11 is 0. The van der Waals surface area contributed by atoms with Crippen molar-refractivity contribution in [1.82, 2.24) is 0 Å². The van der Waals surface area contributed by atoms with Crippen LogP contribution in [0.4, 0.5) is 0 Å². The van der Waals surface area contributed by atoms with Gasteiger partial charge in [0, 0.05) is 7.11 Å². The van der Waals surface area contributed by atoms with Gasteiger partial charge < -0.3 is 9.84 Å². The monoisotopic (exact) mass is 248 g/mol.